The SMILES string of the molecule is COc1ccc(-c2ccc(C(=O)N(C)C[C@@H]3CC3(C)C)cc2)cc1C(N)=O. The van der Waals surface area contributed by atoms with E-state index in [0.717, 1.165) is 17.7 Å². The number of carbonyl (C=O) groups excluding carboxylic acids is 2. The molecule has 0 aliphatic heterocycles. The molecule has 5 nitrogen and oxygen atoms in total. The predicted octanol–water partition coefficient (Wildman–Crippen LogP) is 3.58. The number of methoxy groups -OCH3 is 1. The van der Waals surface area contributed by atoms with Crippen LogP contribution in [0.1, 0.15) is 41.0 Å². The van der Waals surface area contributed by atoms with E-state index in [2.05, 4.69) is 13.8 Å². The van der Waals surface area contributed by atoms with E-state index in [4.69, 9.17) is 10.5 Å². The first-order chi connectivity index (χ1) is 12.7. The van der Waals surface area contributed by atoms with Crippen molar-refractivity contribution in [3.8, 4) is 16.9 Å². The van der Waals surface area contributed by atoms with Crippen molar-refractivity contribution in [3.63, 3.8) is 0 Å². The van der Waals surface area contributed by atoms with Crippen LogP contribution in [0.5, 0.6) is 5.75 Å². The van der Waals surface area contributed by atoms with Crippen molar-refractivity contribution >= 4 is 11.8 Å². The van der Waals surface area contributed by atoms with Crippen LogP contribution in [0.4, 0.5) is 0 Å². The summed E-state index contributed by atoms with van der Waals surface area (Å²) < 4.78 is 5.17. The first-order valence-corrected chi connectivity index (χ1v) is 9.06. The average Bonchev–Trinajstić information content (AvgIpc) is 3.26. The molecule has 0 heterocycles. The monoisotopic (exact) mass is 366 g/mol. The fourth-order valence-electron chi connectivity index (χ4n) is 3.41. The molecule has 1 aliphatic rings. The molecule has 1 fully saturated rings. The number of nitrogens with two attached hydrogens (primary N) is 1. The minimum absolute atomic E-state index is 0.0248. The summed E-state index contributed by atoms with van der Waals surface area (Å²) in [5.41, 5.74) is 8.52. The van der Waals surface area contributed by atoms with Gasteiger partial charge in [-0.3, -0.25) is 9.59 Å². The van der Waals surface area contributed by atoms with Gasteiger partial charge in [0.05, 0.1) is 12.7 Å². The van der Waals surface area contributed by atoms with Crippen molar-refractivity contribution in [2.75, 3.05) is 20.7 Å². The lowest BCUT2D eigenvalue weighted by Crippen LogP contribution is -2.29. The number of primary amides is 1. The number of nitrogens with zero attached hydrogens (tertiary/aromatic N) is 1. The Morgan fingerprint density at radius 1 is 1.15 bits per heavy atom. The van der Waals surface area contributed by atoms with Gasteiger partial charge >= 0.3 is 0 Å². The van der Waals surface area contributed by atoms with Crippen LogP contribution in [0.15, 0.2) is 42.5 Å². The lowest BCUT2D eigenvalue weighted by Gasteiger charge is -2.18. The molecule has 2 aromatic rings. The summed E-state index contributed by atoms with van der Waals surface area (Å²) in [6.07, 6.45) is 1.17. The molecule has 0 spiro atoms. The van der Waals surface area contributed by atoms with Crippen molar-refractivity contribution in [2.24, 2.45) is 17.1 Å². The first-order valence-electron chi connectivity index (χ1n) is 9.06. The van der Waals surface area contributed by atoms with Crippen molar-refractivity contribution < 1.29 is 14.3 Å². The zero-order valence-electron chi connectivity index (χ0n) is 16.3. The number of carbonyl (C=O) groups is 2. The highest BCUT2D eigenvalue weighted by Gasteiger charge is 2.46. The highest BCUT2D eigenvalue weighted by Crippen LogP contribution is 2.51. The van der Waals surface area contributed by atoms with Gasteiger partial charge in [0.15, 0.2) is 0 Å². The highest BCUT2D eigenvalue weighted by molar-refractivity contribution is 5.97. The standard InChI is InChI=1S/C22H26N2O3/c1-22(2)12-17(22)13-24(3)21(26)15-7-5-14(6-8-15)16-9-10-19(27-4)18(11-16)20(23)25/h5-11,17H,12-13H2,1-4H3,(H2,23,25)/t17-/m0/s1. The van der Waals surface area contributed by atoms with Crippen LogP contribution in [0.2, 0.25) is 0 Å². The van der Waals surface area contributed by atoms with E-state index in [0.29, 0.717) is 28.2 Å². The largest absolute Gasteiger partial charge is 0.496 e. The van der Waals surface area contributed by atoms with Crippen LogP contribution >= 0.6 is 0 Å². The van der Waals surface area contributed by atoms with Crippen LogP contribution < -0.4 is 10.5 Å². The Kier molecular flexibility index (Phi) is 4.96. The maximum absolute atomic E-state index is 12.6. The molecule has 1 aliphatic carbocycles. The molecule has 3 rings (SSSR count). The van der Waals surface area contributed by atoms with Crippen LogP contribution in [-0.4, -0.2) is 37.4 Å². The molecule has 0 aromatic heterocycles. The summed E-state index contributed by atoms with van der Waals surface area (Å²) in [4.78, 5) is 26.1. The molecule has 0 saturated heterocycles. The third-order valence-corrected chi connectivity index (χ3v) is 5.49. The Hall–Kier alpha value is -2.82. The van der Waals surface area contributed by atoms with Crippen LogP contribution in [0, 0.1) is 11.3 Å². The van der Waals surface area contributed by atoms with Gasteiger partial charge in [0.2, 0.25) is 0 Å². The first kappa shape index (κ1) is 19.0. The van der Waals surface area contributed by atoms with Crippen molar-refractivity contribution in [1.82, 2.24) is 4.90 Å². The van der Waals surface area contributed by atoms with Crippen LogP contribution in [-0.2, 0) is 0 Å². The van der Waals surface area contributed by atoms with Gasteiger partial charge in [0.25, 0.3) is 11.8 Å². The lowest BCUT2D eigenvalue weighted by molar-refractivity contribution is 0.0784. The van der Waals surface area contributed by atoms with Gasteiger partial charge in [-0.15, -0.1) is 0 Å². The van der Waals surface area contributed by atoms with Gasteiger partial charge in [-0.05, 0) is 53.1 Å². The van der Waals surface area contributed by atoms with E-state index in [1.807, 2.05) is 37.4 Å². The molecule has 0 unspecified atom stereocenters. The van der Waals surface area contributed by atoms with Gasteiger partial charge < -0.3 is 15.4 Å². The maximum atomic E-state index is 12.6. The predicted molar refractivity (Wildman–Crippen MR) is 106 cm³/mol. The second kappa shape index (κ2) is 7.06. The molecule has 2 aromatic carbocycles. The van der Waals surface area contributed by atoms with Gasteiger partial charge in [0, 0.05) is 19.2 Å². The number of hydrogen-bond acceptors (Lipinski definition) is 3. The normalized spacial score (nSPS) is 17.3. The minimum Gasteiger partial charge on any atom is -0.496 e. The van der Waals surface area contributed by atoms with Gasteiger partial charge in [-0.2, -0.15) is 0 Å². The summed E-state index contributed by atoms with van der Waals surface area (Å²) in [5, 5.41) is 0. The zero-order valence-corrected chi connectivity index (χ0v) is 16.3. The molecule has 142 valence electrons. The lowest BCUT2D eigenvalue weighted by atomic mass is 10.0. The van der Waals surface area contributed by atoms with Crippen molar-refractivity contribution in [3.05, 3.63) is 53.6 Å². The Labute approximate surface area is 160 Å². The second-order valence-corrected chi connectivity index (χ2v) is 7.93. The second-order valence-electron chi connectivity index (χ2n) is 7.93. The number of hydrogen-bond donors (Lipinski definition) is 1. The molecular weight excluding hydrogens is 340 g/mol. The summed E-state index contributed by atoms with van der Waals surface area (Å²) >= 11 is 0. The van der Waals surface area contributed by atoms with E-state index in [-0.39, 0.29) is 5.91 Å². The molecule has 0 radical (unpaired) electrons. The van der Waals surface area contributed by atoms with Crippen molar-refractivity contribution in [2.45, 2.75) is 20.3 Å². The fourth-order valence-corrected chi connectivity index (χ4v) is 3.41. The third kappa shape index (κ3) is 3.97. The summed E-state index contributed by atoms with van der Waals surface area (Å²) in [5.74, 6) is 0.516. The summed E-state index contributed by atoms with van der Waals surface area (Å²) in [7, 11) is 3.36. The minimum atomic E-state index is -0.537. The Balaban J connectivity index is 1.76. The average molecular weight is 366 g/mol. The molecule has 5 heteroatoms. The van der Waals surface area contributed by atoms with E-state index in [9.17, 15) is 9.59 Å². The van der Waals surface area contributed by atoms with Crippen LogP contribution in [0.25, 0.3) is 11.1 Å². The summed E-state index contributed by atoms with van der Waals surface area (Å²) in [6, 6.07) is 12.7. The van der Waals surface area contributed by atoms with E-state index < -0.39 is 5.91 Å². The fraction of sp³-hybridized carbons (Fsp3) is 0.364. The quantitative estimate of drug-likeness (QED) is 0.849. The van der Waals surface area contributed by atoms with Gasteiger partial charge in [-0.25, -0.2) is 0 Å². The molecule has 0 bridgehead atoms. The van der Waals surface area contributed by atoms with E-state index in [1.54, 1.807) is 17.0 Å². The van der Waals surface area contributed by atoms with E-state index in [1.165, 1.54) is 13.5 Å². The van der Waals surface area contributed by atoms with Gasteiger partial charge in [0.1, 0.15) is 5.75 Å². The molecule has 1 saturated carbocycles. The number of rotatable bonds is 6. The molecule has 2 N–H and O–H groups in total. The highest BCUT2D eigenvalue weighted by atomic mass is 16.5. The Morgan fingerprint density at radius 2 is 1.74 bits per heavy atom. The Morgan fingerprint density at radius 3 is 2.26 bits per heavy atom. The molecule has 27 heavy (non-hydrogen) atoms. The van der Waals surface area contributed by atoms with E-state index >= 15 is 0 Å². The van der Waals surface area contributed by atoms with Gasteiger partial charge in [-0.1, -0.05) is 32.0 Å². The van der Waals surface area contributed by atoms with Crippen molar-refractivity contribution in [1.29, 1.82) is 0 Å². The number of benzene rings is 2. The smallest absolute Gasteiger partial charge is 0.253 e. The molecular formula is C22H26N2O3. The summed E-state index contributed by atoms with van der Waals surface area (Å²) in [6.45, 7) is 5.26. The third-order valence-electron chi connectivity index (χ3n) is 5.49. The maximum Gasteiger partial charge on any atom is 0.253 e. The number of amides is 2. The molecule has 1 atom stereocenters. The topological polar surface area (TPSA) is 72.6 Å². The molecule has 2 amide bonds. The Bertz CT molecular complexity index is 872. The zero-order chi connectivity index (χ0) is 19.8. The number of ether oxygens (including phenoxy) is 1. The van der Waals surface area contributed by atoms with Crippen LogP contribution in [0.3, 0.4) is 0 Å².